The molecule has 3 heterocycles. The lowest BCUT2D eigenvalue weighted by molar-refractivity contribution is -0.122. The molecule has 4 aromatic rings. The lowest BCUT2D eigenvalue weighted by Gasteiger charge is -2.30. The highest BCUT2D eigenvalue weighted by Gasteiger charge is 2.56. The number of hydrogen-bond acceptors (Lipinski definition) is 6. The van der Waals surface area contributed by atoms with Crippen molar-refractivity contribution in [3.05, 3.63) is 110 Å². The van der Waals surface area contributed by atoms with E-state index in [2.05, 4.69) is 5.32 Å². The normalized spacial score (nSPS) is 20.1. The van der Waals surface area contributed by atoms with Gasteiger partial charge in [-0.1, -0.05) is 65.6 Å². The first kappa shape index (κ1) is 25.3. The third-order valence-electron chi connectivity index (χ3n) is 6.90. The van der Waals surface area contributed by atoms with Crippen LogP contribution >= 0.6 is 23.1 Å². The van der Waals surface area contributed by atoms with Gasteiger partial charge in [-0.05, 0) is 54.4 Å². The van der Waals surface area contributed by atoms with Crippen LogP contribution in [-0.4, -0.2) is 27.5 Å². The summed E-state index contributed by atoms with van der Waals surface area (Å²) < 4.78 is 15.2. The Morgan fingerprint density at radius 2 is 1.69 bits per heavy atom. The Bertz CT molecular complexity index is 1670. The average molecular weight is 560 g/mol. The molecule has 0 radical (unpaired) electrons. The molecule has 3 unspecified atom stereocenters. The second-order valence-electron chi connectivity index (χ2n) is 9.48. The van der Waals surface area contributed by atoms with E-state index in [4.69, 9.17) is 0 Å². The van der Waals surface area contributed by atoms with Crippen molar-refractivity contribution in [1.82, 2.24) is 4.57 Å². The number of carbonyl (C=O) groups excluding carboxylic acids is 3. The number of hydrogen-bond donors (Lipinski definition) is 1. The molecular formula is C29H22FN3O4S2. The topological polar surface area (TPSA) is 88.5 Å². The summed E-state index contributed by atoms with van der Waals surface area (Å²) in [5.41, 5.74) is 2.69. The maximum Gasteiger partial charge on any atom is 0.308 e. The first-order valence-corrected chi connectivity index (χ1v) is 14.0. The first-order chi connectivity index (χ1) is 18.8. The molecule has 1 aromatic heterocycles. The van der Waals surface area contributed by atoms with E-state index >= 15 is 0 Å². The third kappa shape index (κ3) is 4.49. The Morgan fingerprint density at radius 3 is 2.41 bits per heavy atom. The van der Waals surface area contributed by atoms with Gasteiger partial charge in [0.2, 0.25) is 17.7 Å². The number of fused-ring (bicyclic) bond motifs is 2. The molecule has 1 N–H and O–H groups in total. The zero-order valence-corrected chi connectivity index (χ0v) is 22.3. The summed E-state index contributed by atoms with van der Waals surface area (Å²) in [4.78, 5) is 55.0. The van der Waals surface area contributed by atoms with Gasteiger partial charge in [-0.3, -0.25) is 23.7 Å². The molecule has 39 heavy (non-hydrogen) atoms. The molecule has 1 saturated heterocycles. The molecule has 2 aliphatic heterocycles. The fourth-order valence-corrected chi connectivity index (χ4v) is 7.96. The fourth-order valence-electron chi connectivity index (χ4n) is 5.18. The van der Waals surface area contributed by atoms with Gasteiger partial charge in [-0.15, -0.1) is 0 Å². The maximum atomic E-state index is 13.8. The minimum atomic E-state index is -0.805. The van der Waals surface area contributed by atoms with Gasteiger partial charge in [0.05, 0.1) is 16.6 Å². The van der Waals surface area contributed by atoms with Crippen LogP contribution in [0.5, 0.6) is 0 Å². The summed E-state index contributed by atoms with van der Waals surface area (Å²) in [6.07, 6.45) is 0. The standard InChI is InChI=1S/C29H22FN3O4S2/c1-16-6-5-7-19(14-16)31-21(34)15-32-28-25(39-29(32)37)22(17-10-12-18(30)13-11-17)23-24(38-28)27(36)33(26(23)35)20-8-3-2-4-9-20/h2-14,22-24H,15H2,1H3,(H,31,34). The minimum Gasteiger partial charge on any atom is -0.325 e. The Morgan fingerprint density at radius 1 is 0.949 bits per heavy atom. The molecule has 3 atom stereocenters. The second kappa shape index (κ2) is 9.94. The highest BCUT2D eigenvalue weighted by Crippen LogP contribution is 2.53. The lowest BCUT2D eigenvalue weighted by atomic mass is 9.83. The zero-order chi connectivity index (χ0) is 27.3. The van der Waals surface area contributed by atoms with Crippen LogP contribution in [0.15, 0.2) is 88.7 Å². The predicted octanol–water partition coefficient (Wildman–Crippen LogP) is 4.79. The molecule has 0 aliphatic carbocycles. The van der Waals surface area contributed by atoms with Crippen molar-refractivity contribution < 1.29 is 18.8 Å². The van der Waals surface area contributed by atoms with Gasteiger partial charge in [0, 0.05) is 16.5 Å². The van der Waals surface area contributed by atoms with Crippen LogP contribution in [0.3, 0.4) is 0 Å². The van der Waals surface area contributed by atoms with Crippen molar-refractivity contribution in [1.29, 1.82) is 0 Å². The van der Waals surface area contributed by atoms with Crippen molar-refractivity contribution in [3.8, 4) is 0 Å². The highest BCUT2D eigenvalue weighted by molar-refractivity contribution is 8.00. The summed E-state index contributed by atoms with van der Waals surface area (Å²) >= 11 is 2.10. The van der Waals surface area contributed by atoms with Gasteiger partial charge in [0.1, 0.15) is 17.6 Å². The summed E-state index contributed by atoms with van der Waals surface area (Å²) in [5.74, 6) is -2.99. The molecule has 7 nitrogen and oxygen atoms in total. The Labute approximate surface area is 231 Å². The Hall–Kier alpha value is -4.02. The van der Waals surface area contributed by atoms with E-state index in [1.807, 2.05) is 25.1 Å². The number of nitrogens with one attached hydrogen (secondary N) is 1. The summed E-state index contributed by atoms with van der Waals surface area (Å²) in [6.45, 7) is 1.67. The average Bonchev–Trinajstić information content (AvgIpc) is 3.36. The van der Waals surface area contributed by atoms with Gasteiger partial charge in [-0.2, -0.15) is 0 Å². The van der Waals surface area contributed by atoms with Crippen molar-refractivity contribution in [2.24, 2.45) is 5.92 Å². The number of thioether (sulfide) groups is 1. The molecule has 0 saturated carbocycles. The summed E-state index contributed by atoms with van der Waals surface area (Å²) in [7, 11) is 0. The van der Waals surface area contributed by atoms with Crippen LogP contribution in [-0.2, 0) is 20.9 Å². The number of amides is 3. The lowest BCUT2D eigenvalue weighted by Crippen LogP contribution is -2.33. The van der Waals surface area contributed by atoms with E-state index < -0.39 is 22.9 Å². The summed E-state index contributed by atoms with van der Waals surface area (Å²) in [6, 6.07) is 21.8. The number of aromatic nitrogens is 1. The Kier molecular flexibility index (Phi) is 6.44. The Balaban J connectivity index is 1.41. The van der Waals surface area contributed by atoms with Crippen LogP contribution < -0.4 is 15.1 Å². The van der Waals surface area contributed by atoms with Crippen LogP contribution in [0.25, 0.3) is 0 Å². The smallest absolute Gasteiger partial charge is 0.308 e. The van der Waals surface area contributed by atoms with E-state index in [0.29, 0.717) is 26.8 Å². The van der Waals surface area contributed by atoms with Crippen LogP contribution in [0.2, 0.25) is 0 Å². The molecule has 3 aromatic carbocycles. The molecule has 6 rings (SSSR count). The zero-order valence-electron chi connectivity index (χ0n) is 20.7. The number of anilines is 2. The number of benzene rings is 3. The highest BCUT2D eigenvalue weighted by atomic mass is 32.2. The van der Waals surface area contributed by atoms with Gasteiger partial charge in [0.15, 0.2) is 0 Å². The number of thiazole rings is 1. The number of halogens is 1. The van der Waals surface area contributed by atoms with Crippen molar-refractivity contribution in [2.45, 2.75) is 29.7 Å². The fraction of sp³-hybridized carbons (Fsp3) is 0.172. The third-order valence-corrected chi connectivity index (χ3v) is 9.50. The first-order valence-electron chi connectivity index (χ1n) is 12.3. The van der Waals surface area contributed by atoms with Gasteiger partial charge in [-0.25, -0.2) is 9.29 Å². The number of imide groups is 1. The molecule has 1 fully saturated rings. The number of para-hydroxylation sites is 1. The SMILES string of the molecule is Cc1cccc(NC(=O)Cn2c3c(sc2=O)C(c2ccc(F)cc2)C2C(=O)N(c4ccccc4)C(=O)C2S3)c1. The molecular weight excluding hydrogens is 537 g/mol. The molecule has 10 heteroatoms. The van der Waals surface area contributed by atoms with E-state index in [-0.39, 0.29) is 29.1 Å². The van der Waals surface area contributed by atoms with E-state index in [1.54, 1.807) is 48.5 Å². The van der Waals surface area contributed by atoms with Crippen molar-refractivity contribution in [3.63, 3.8) is 0 Å². The number of rotatable bonds is 5. The second-order valence-corrected chi connectivity index (χ2v) is 11.6. The quantitative estimate of drug-likeness (QED) is 0.355. The number of nitrogens with zero attached hydrogens (tertiary/aromatic N) is 2. The predicted molar refractivity (Wildman–Crippen MR) is 149 cm³/mol. The van der Waals surface area contributed by atoms with Gasteiger partial charge < -0.3 is 5.32 Å². The van der Waals surface area contributed by atoms with Gasteiger partial charge >= 0.3 is 4.87 Å². The summed E-state index contributed by atoms with van der Waals surface area (Å²) in [5, 5.41) is 2.50. The monoisotopic (exact) mass is 559 g/mol. The van der Waals surface area contributed by atoms with Gasteiger partial charge in [0.25, 0.3) is 0 Å². The molecule has 0 bridgehead atoms. The molecule has 3 amide bonds. The minimum absolute atomic E-state index is 0.246. The molecule has 2 aliphatic rings. The number of aryl methyl sites for hydroxylation is 1. The number of carbonyl (C=O) groups is 3. The van der Waals surface area contributed by atoms with E-state index in [0.717, 1.165) is 28.7 Å². The van der Waals surface area contributed by atoms with Crippen LogP contribution in [0.4, 0.5) is 15.8 Å². The molecule has 0 spiro atoms. The maximum absolute atomic E-state index is 13.8. The van der Waals surface area contributed by atoms with Crippen molar-refractivity contribution >= 4 is 52.2 Å². The van der Waals surface area contributed by atoms with E-state index in [1.165, 1.54) is 21.6 Å². The van der Waals surface area contributed by atoms with Crippen LogP contribution in [0.1, 0.15) is 21.9 Å². The van der Waals surface area contributed by atoms with Crippen molar-refractivity contribution in [2.75, 3.05) is 10.2 Å². The van der Waals surface area contributed by atoms with Crippen LogP contribution in [0, 0.1) is 18.7 Å². The molecule has 196 valence electrons. The largest absolute Gasteiger partial charge is 0.325 e. The van der Waals surface area contributed by atoms with E-state index in [9.17, 15) is 23.6 Å².